The van der Waals surface area contributed by atoms with Gasteiger partial charge in [0.25, 0.3) is 0 Å². The summed E-state index contributed by atoms with van der Waals surface area (Å²) >= 11 is 6.15. The number of hydrogen-bond acceptors (Lipinski definition) is 5. The molecule has 0 rings (SSSR count). The third-order valence-electron chi connectivity index (χ3n) is 0.921. The molecule has 4 nitrogen and oxygen atoms in total. The minimum absolute atomic E-state index is 0.0721. The Kier molecular flexibility index (Phi) is 6.99. The van der Waals surface area contributed by atoms with Crippen molar-refractivity contribution >= 4 is 34.9 Å². The van der Waals surface area contributed by atoms with Gasteiger partial charge in [0.05, 0.1) is 13.2 Å². The lowest BCUT2D eigenvalue weighted by Gasteiger charge is -2.18. The zero-order valence-electron chi connectivity index (χ0n) is 7.56. The molecular weight excluding hydrogens is 231 g/mol. The lowest BCUT2D eigenvalue weighted by molar-refractivity contribution is -0.133. The van der Waals surface area contributed by atoms with E-state index in [1.165, 1.54) is 0 Å². The second kappa shape index (κ2) is 6.79. The van der Waals surface area contributed by atoms with Crippen molar-refractivity contribution in [1.82, 2.24) is 0 Å². The maximum absolute atomic E-state index is 10.3. The molecule has 0 amide bonds. The summed E-state index contributed by atoms with van der Waals surface area (Å²) in [4.78, 5) is 10.3. The van der Waals surface area contributed by atoms with E-state index >= 15 is 0 Å². The highest BCUT2D eigenvalue weighted by Crippen LogP contribution is 2.60. The van der Waals surface area contributed by atoms with Gasteiger partial charge in [-0.25, -0.2) is 0 Å². The first kappa shape index (κ1) is 13.4. The molecule has 13 heavy (non-hydrogen) atoms. The van der Waals surface area contributed by atoms with Gasteiger partial charge in [0.15, 0.2) is 0 Å². The van der Waals surface area contributed by atoms with Gasteiger partial charge in [-0.2, -0.15) is 0 Å². The van der Waals surface area contributed by atoms with E-state index in [0.717, 1.165) is 11.4 Å². The Morgan fingerprint density at radius 2 is 1.92 bits per heavy atom. The average molecular weight is 244 g/mol. The van der Waals surface area contributed by atoms with Crippen molar-refractivity contribution in [2.24, 2.45) is 0 Å². The molecule has 78 valence electrons. The van der Waals surface area contributed by atoms with Crippen LogP contribution in [0.4, 0.5) is 0 Å². The lowest BCUT2D eigenvalue weighted by atomic mass is 10.8. The van der Waals surface area contributed by atoms with Gasteiger partial charge >= 0.3 is 5.97 Å². The summed E-state index contributed by atoms with van der Waals surface area (Å²) in [5.41, 5.74) is -2.40. The highest BCUT2D eigenvalue weighted by Gasteiger charge is 2.19. The van der Waals surface area contributed by atoms with E-state index in [1.54, 1.807) is 13.8 Å². The Morgan fingerprint density at radius 1 is 1.46 bits per heavy atom. The fourth-order valence-corrected chi connectivity index (χ4v) is 4.68. The fraction of sp³-hybridized carbons (Fsp3) is 0.833. The first-order valence-corrected chi connectivity index (χ1v) is 8.02. The van der Waals surface area contributed by atoms with E-state index in [2.05, 4.69) is 0 Å². The van der Waals surface area contributed by atoms with Gasteiger partial charge in [0, 0.05) is 0 Å². The summed E-state index contributed by atoms with van der Waals surface area (Å²) in [5.74, 6) is -0.976. The Bertz CT molecular complexity index is 199. The summed E-state index contributed by atoms with van der Waals surface area (Å²) in [5, 5.41) is 8.45. The van der Waals surface area contributed by atoms with E-state index in [0.29, 0.717) is 13.2 Å². The second-order valence-corrected chi connectivity index (χ2v) is 8.26. The average Bonchev–Trinajstić information content (AvgIpc) is 2.02. The Balaban J connectivity index is 4.07. The normalized spacial score (nSPS) is 11.5. The molecule has 0 fully saturated rings. The number of carboxylic acids is 1. The van der Waals surface area contributed by atoms with Crippen LogP contribution in [0.5, 0.6) is 0 Å². The van der Waals surface area contributed by atoms with Crippen LogP contribution in [0, 0.1) is 0 Å². The van der Waals surface area contributed by atoms with Gasteiger partial charge < -0.3 is 14.2 Å². The standard InChI is InChI=1S/C6H13O4PS2/c1-3-9-11(12,10-4-2)13-5-6(7)8/h3-5H2,1-2H3,(H,7,8). The van der Waals surface area contributed by atoms with Crippen molar-refractivity contribution in [2.45, 2.75) is 13.8 Å². The number of aliphatic carboxylic acids is 1. The minimum atomic E-state index is -2.40. The van der Waals surface area contributed by atoms with Crippen LogP contribution >= 0.6 is 17.1 Å². The molecule has 1 N–H and O–H groups in total. The number of carbonyl (C=O) groups is 1. The van der Waals surface area contributed by atoms with Gasteiger partial charge in [-0.1, -0.05) is 11.4 Å². The zero-order valence-corrected chi connectivity index (χ0v) is 10.1. The summed E-state index contributed by atoms with van der Waals surface area (Å²) in [7, 11) is 0. The highest BCUT2D eigenvalue weighted by atomic mass is 32.9. The first-order chi connectivity index (χ1) is 6.04. The summed E-state index contributed by atoms with van der Waals surface area (Å²) in [6, 6.07) is 0. The fourth-order valence-electron chi connectivity index (χ4n) is 0.562. The predicted molar refractivity (Wildman–Crippen MR) is 57.6 cm³/mol. The van der Waals surface area contributed by atoms with E-state index in [9.17, 15) is 4.79 Å². The maximum Gasteiger partial charge on any atom is 0.314 e. The molecule has 0 saturated heterocycles. The van der Waals surface area contributed by atoms with Crippen LogP contribution in [0.1, 0.15) is 13.8 Å². The molecule has 0 heterocycles. The van der Waals surface area contributed by atoms with Gasteiger partial charge in [0.2, 0.25) is 5.69 Å². The van der Waals surface area contributed by atoms with Crippen LogP contribution in [-0.2, 0) is 25.6 Å². The van der Waals surface area contributed by atoms with Gasteiger partial charge in [0.1, 0.15) is 5.75 Å². The summed E-state index contributed by atoms with van der Waals surface area (Å²) in [6.07, 6.45) is 0. The highest BCUT2D eigenvalue weighted by molar-refractivity contribution is 8.68. The van der Waals surface area contributed by atoms with Crippen LogP contribution < -0.4 is 0 Å². The van der Waals surface area contributed by atoms with Crippen molar-refractivity contribution in [3.63, 3.8) is 0 Å². The van der Waals surface area contributed by atoms with Crippen molar-refractivity contribution < 1.29 is 18.9 Å². The molecule has 0 unspecified atom stereocenters. The van der Waals surface area contributed by atoms with Crippen molar-refractivity contribution in [3.8, 4) is 0 Å². The molecule has 0 aromatic rings. The molecular formula is C6H13O4PS2. The number of carboxylic acid groups (broad SMARTS) is 1. The molecule has 0 atom stereocenters. The number of rotatable bonds is 7. The van der Waals surface area contributed by atoms with E-state index in [-0.39, 0.29) is 5.75 Å². The monoisotopic (exact) mass is 244 g/mol. The molecule has 0 aliphatic rings. The minimum Gasteiger partial charge on any atom is -0.481 e. The first-order valence-electron chi connectivity index (χ1n) is 3.79. The molecule has 0 bridgehead atoms. The summed E-state index contributed by atoms with van der Waals surface area (Å²) < 4.78 is 10.4. The third-order valence-corrected chi connectivity index (χ3v) is 6.31. The van der Waals surface area contributed by atoms with Gasteiger partial charge in [-0.15, -0.1) is 0 Å². The summed E-state index contributed by atoms with van der Waals surface area (Å²) in [6.45, 7) is 4.51. The zero-order chi connectivity index (χ0) is 10.3. The van der Waals surface area contributed by atoms with E-state index in [1.807, 2.05) is 0 Å². The lowest BCUT2D eigenvalue weighted by Crippen LogP contribution is -2.00. The van der Waals surface area contributed by atoms with Crippen molar-refractivity contribution in [2.75, 3.05) is 19.0 Å². The predicted octanol–water partition coefficient (Wildman–Crippen LogP) is 2.10. The molecule has 0 spiro atoms. The van der Waals surface area contributed by atoms with Crippen molar-refractivity contribution in [1.29, 1.82) is 0 Å². The van der Waals surface area contributed by atoms with Crippen LogP contribution in [0.15, 0.2) is 0 Å². The molecule has 0 saturated carbocycles. The SMILES string of the molecule is CCOP(=S)(OCC)SCC(=O)O. The third kappa shape index (κ3) is 6.46. The Hall–Kier alpha value is 0.390. The molecule has 0 aromatic heterocycles. The van der Waals surface area contributed by atoms with Crippen LogP contribution in [-0.4, -0.2) is 30.0 Å². The van der Waals surface area contributed by atoms with Crippen molar-refractivity contribution in [3.05, 3.63) is 0 Å². The molecule has 7 heteroatoms. The van der Waals surface area contributed by atoms with Crippen LogP contribution in [0.3, 0.4) is 0 Å². The molecule has 0 aromatic carbocycles. The second-order valence-electron chi connectivity index (χ2n) is 1.95. The molecule has 0 aliphatic heterocycles. The molecule has 0 aliphatic carbocycles. The van der Waals surface area contributed by atoms with E-state index in [4.69, 9.17) is 26.0 Å². The van der Waals surface area contributed by atoms with Gasteiger partial charge in [-0.3, -0.25) is 4.79 Å². The van der Waals surface area contributed by atoms with Crippen LogP contribution in [0.25, 0.3) is 0 Å². The maximum atomic E-state index is 10.3. The Labute approximate surface area is 86.9 Å². The smallest absolute Gasteiger partial charge is 0.314 e. The van der Waals surface area contributed by atoms with Crippen LogP contribution in [0.2, 0.25) is 0 Å². The van der Waals surface area contributed by atoms with E-state index < -0.39 is 11.7 Å². The topological polar surface area (TPSA) is 55.8 Å². The largest absolute Gasteiger partial charge is 0.481 e. The molecule has 0 radical (unpaired) electrons. The Morgan fingerprint density at radius 3 is 2.23 bits per heavy atom. The quantitative estimate of drug-likeness (QED) is 0.692. The van der Waals surface area contributed by atoms with Gasteiger partial charge in [-0.05, 0) is 25.7 Å². The number of hydrogen-bond donors (Lipinski definition) is 1.